The molecule has 0 aliphatic carbocycles. The zero-order valence-corrected chi connectivity index (χ0v) is 14.8. The first-order chi connectivity index (χ1) is 12.7. The van der Waals surface area contributed by atoms with E-state index in [9.17, 15) is 4.79 Å². The highest BCUT2D eigenvalue weighted by atomic mass is 35.5. The van der Waals surface area contributed by atoms with Gasteiger partial charge < -0.3 is 9.80 Å². The Balaban J connectivity index is 1.42. The van der Waals surface area contributed by atoms with Gasteiger partial charge in [0.05, 0.1) is 5.69 Å². The predicted molar refractivity (Wildman–Crippen MR) is 100 cm³/mol. The number of amides is 1. The Labute approximate surface area is 155 Å². The smallest absolute Gasteiger partial charge is 0.246 e. The lowest BCUT2D eigenvalue weighted by atomic mass is 10.3. The molecule has 0 aromatic carbocycles. The lowest BCUT2D eigenvalue weighted by molar-refractivity contribution is -0.126. The summed E-state index contributed by atoms with van der Waals surface area (Å²) in [5.41, 5.74) is 1.45. The van der Waals surface area contributed by atoms with E-state index < -0.39 is 0 Å². The van der Waals surface area contributed by atoms with Crippen LogP contribution in [0.3, 0.4) is 0 Å². The maximum absolute atomic E-state index is 12.5. The van der Waals surface area contributed by atoms with E-state index in [0.717, 1.165) is 5.65 Å². The summed E-state index contributed by atoms with van der Waals surface area (Å²) < 4.78 is 1.86. The van der Waals surface area contributed by atoms with Crippen LogP contribution in [0.5, 0.6) is 0 Å². The van der Waals surface area contributed by atoms with Crippen LogP contribution in [-0.2, 0) is 4.79 Å². The molecule has 1 aliphatic rings. The topological polar surface area (TPSA) is 66.6 Å². The number of hydrogen-bond acceptors (Lipinski definition) is 5. The molecule has 26 heavy (non-hydrogen) atoms. The van der Waals surface area contributed by atoms with Gasteiger partial charge >= 0.3 is 0 Å². The van der Waals surface area contributed by atoms with E-state index in [2.05, 4.69) is 19.9 Å². The number of anilines is 1. The van der Waals surface area contributed by atoms with Gasteiger partial charge in [0.1, 0.15) is 5.65 Å². The van der Waals surface area contributed by atoms with E-state index in [-0.39, 0.29) is 5.91 Å². The third-order valence-corrected chi connectivity index (χ3v) is 4.61. The number of hydrogen-bond donors (Lipinski definition) is 0. The van der Waals surface area contributed by atoms with Crippen LogP contribution in [-0.4, -0.2) is 56.3 Å². The average molecular weight is 369 g/mol. The number of rotatable bonds is 3. The first-order valence-electron chi connectivity index (χ1n) is 8.34. The molecule has 1 fully saturated rings. The van der Waals surface area contributed by atoms with Crippen LogP contribution in [0.15, 0.2) is 48.9 Å². The molecule has 3 aromatic rings. The highest BCUT2D eigenvalue weighted by Crippen LogP contribution is 2.19. The Morgan fingerprint density at radius 1 is 1.08 bits per heavy atom. The number of fused-ring (bicyclic) bond motifs is 1. The normalized spacial score (nSPS) is 15.1. The van der Waals surface area contributed by atoms with Crippen molar-refractivity contribution in [2.45, 2.75) is 0 Å². The van der Waals surface area contributed by atoms with Gasteiger partial charge in [-0.3, -0.25) is 9.20 Å². The molecular weight excluding hydrogens is 352 g/mol. The number of nitrogens with zero attached hydrogens (tertiary/aromatic N) is 6. The Morgan fingerprint density at radius 2 is 1.85 bits per heavy atom. The molecule has 0 unspecified atom stereocenters. The van der Waals surface area contributed by atoms with Crippen LogP contribution in [0.2, 0.25) is 5.15 Å². The largest absolute Gasteiger partial charge is 0.337 e. The fourth-order valence-corrected chi connectivity index (χ4v) is 3.21. The van der Waals surface area contributed by atoms with Crippen LogP contribution in [0.1, 0.15) is 5.69 Å². The van der Waals surface area contributed by atoms with Crippen molar-refractivity contribution in [3.63, 3.8) is 0 Å². The molecule has 0 bridgehead atoms. The first kappa shape index (κ1) is 16.5. The molecule has 7 nitrogen and oxygen atoms in total. The summed E-state index contributed by atoms with van der Waals surface area (Å²) in [5, 5.41) is 0.381. The van der Waals surface area contributed by atoms with Crippen molar-refractivity contribution in [1.29, 1.82) is 0 Å². The molecule has 132 valence electrons. The van der Waals surface area contributed by atoms with Gasteiger partial charge in [-0.1, -0.05) is 17.7 Å². The molecular formula is C18H17ClN6O. The van der Waals surface area contributed by atoms with Crippen molar-refractivity contribution in [2.75, 3.05) is 31.1 Å². The van der Waals surface area contributed by atoms with Gasteiger partial charge in [0, 0.05) is 50.8 Å². The molecule has 8 heteroatoms. The second kappa shape index (κ2) is 7.13. The molecule has 4 rings (SSSR count). The Kier molecular flexibility index (Phi) is 4.53. The number of aromatic nitrogens is 4. The fourth-order valence-electron chi connectivity index (χ4n) is 2.97. The monoisotopic (exact) mass is 368 g/mol. The van der Waals surface area contributed by atoms with Crippen LogP contribution in [0.25, 0.3) is 11.7 Å². The third kappa shape index (κ3) is 3.25. The molecule has 0 atom stereocenters. The van der Waals surface area contributed by atoms with Gasteiger partial charge in [-0.2, -0.15) is 0 Å². The van der Waals surface area contributed by atoms with Crippen molar-refractivity contribution in [1.82, 2.24) is 24.3 Å². The molecule has 3 aromatic heterocycles. The third-order valence-electron chi connectivity index (χ3n) is 4.33. The van der Waals surface area contributed by atoms with Crippen LogP contribution >= 0.6 is 11.6 Å². The number of carbonyl (C=O) groups excluding carboxylic acids is 1. The summed E-state index contributed by atoms with van der Waals surface area (Å²) >= 11 is 6.20. The Hall–Kier alpha value is -2.93. The highest BCUT2D eigenvalue weighted by Gasteiger charge is 2.21. The van der Waals surface area contributed by atoms with Crippen molar-refractivity contribution in [2.24, 2.45) is 0 Å². The number of halogens is 1. The van der Waals surface area contributed by atoms with E-state index in [1.165, 1.54) is 0 Å². The summed E-state index contributed by atoms with van der Waals surface area (Å²) in [6, 6.07) is 7.46. The van der Waals surface area contributed by atoms with Gasteiger partial charge in [0.2, 0.25) is 11.9 Å². The van der Waals surface area contributed by atoms with Crippen LogP contribution in [0, 0.1) is 0 Å². The van der Waals surface area contributed by atoms with E-state index in [1.807, 2.05) is 33.7 Å². The Morgan fingerprint density at radius 3 is 2.62 bits per heavy atom. The van der Waals surface area contributed by atoms with E-state index in [1.54, 1.807) is 30.6 Å². The van der Waals surface area contributed by atoms with Crippen molar-refractivity contribution < 1.29 is 4.79 Å². The second-order valence-electron chi connectivity index (χ2n) is 5.91. The van der Waals surface area contributed by atoms with Crippen molar-refractivity contribution in [3.05, 3.63) is 59.8 Å². The number of imidazole rings is 1. The van der Waals surface area contributed by atoms with Gasteiger partial charge in [0.25, 0.3) is 0 Å². The average Bonchev–Trinajstić information content (AvgIpc) is 3.02. The molecule has 0 spiro atoms. The minimum atomic E-state index is -0.0411. The molecule has 1 amide bonds. The molecule has 0 saturated carbocycles. The maximum Gasteiger partial charge on any atom is 0.246 e. The molecule has 0 radical (unpaired) electrons. The number of pyridine rings is 1. The predicted octanol–water partition coefficient (Wildman–Crippen LogP) is 2.14. The van der Waals surface area contributed by atoms with E-state index in [4.69, 9.17) is 11.6 Å². The first-order valence-corrected chi connectivity index (χ1v) is 8.72. The zero-order valence-electron chi connectivity index (χ0n) is 14.0. The number of carbonyl (C=O) groups is 1. The summed E-state index contributed by atoms with van der Waals surface area (Å²) in [5.74, 6) is 0.660. The summed E-state index contributed by atoms with van der Waals surface area (Å²) in [6.45, 7) is 2.67. The molecule has 4 heterocycles. The standard InChI is InChI=1S/C18H17ClN6O/c19-17-14(25-9-2-1-4-15(25)22-17)5-6-16(26)23-10-12-24(13-11-23)18-20-7-3-8-21-18/h1-9H,10-13H2/b6-5+. The zero-order chi connectivity index (χ0) is 17.9. The number of piperazine rings is 1. The molecule has 1 saturated heterocycles. The SMILES string of the molecule is O=C(/C=C/c1c(Cl)nc2ccccn12)N1CCN(c2ncccn2)CC1. The van der Waals surface area contributed by atoms with Crippen molar-refractivity contribution >= 4 is 35.2 Å². The summed E-state index contributed by atoms with van der Waals surface area (Å²) in [4.78, 5) is 29.2. The van der Waals surface area contributed by atoms with E-state index >= 15 is 0 Å². The summed E-state index contributed by atoms with van der Waals surface area (Å²) in [6.07, 6.45) is 8.59. The van der Waals surface area contributed by atoms with Gasteiger partial charge in [-0.15, -0.1) is 0 Å². The van der Waals surface area contributed by atoms with Crippen LogP contribution < -0.4 is 4.90 Å². The quantitative estimate of drug-likeness (QED) is 0.663. The lowest BCUT2D eigenvalue weighted by Gasteiger charge is -2.34. The summed E-state index contributed by atoms with van der Waals surface area (Å²) in [7, 11) is 0. The van der Waals surface area contributed by atoms with Gasteiger partial charge in [-0.05, 0) is 24.3 Å². The second-order valence-corrected chi connectivity index (χ2v) is 6.27. The van der Waals surface area contributed by atoms with E-state index in [0.29, 0.717) is 43.0 Å². The highest BCUT2D eigenvalue weighted by molar-refractivity contribution is 6.31. The minimum Gasteiger partial charge on any atom is -0.337 e. The molecule has 1 aliphatic heterocycles. The Bertz CT molecular complexity index is 947. The maximum atomic E-state index is 12.5. The van der Waals surface area contributed by atoms with Crippen molar-refractivity contribution in [3.8, 4) is 0 Å². The lowest BCUT2D eigenvalue weighted by Crippen LogP contribution is -2.48. The fraction of sp³-hybridized carbons (Fsp3) is 0.222. The van der Waals surface area contributed by atoms with Gasteiger partial charge in [0.15, 0.2) is 5.15 Å². The molecule has 0 N–H and O–H groups in total. The minimum absolute atomic E-state index is 0.0411. The van der Waals surface area contributed by atoms with Gasteiger partial charge in [-0.25, -0.2) is 15.0 Å². The van der Waals surface area contributed by atoms with Crippen LogP contribution in [0.4, 0.5) is 5.95 Å².